The number of carbonyl (C=O) groups is 2. The van der Waals surface area contributed by atoms with Crippen LogP contribution in [0.3, 0.4) is 0 Å². The van der Waals surface area contributed by atoms with Crippen LogP contribution in [0, 0.1) is 0 Å². The van der Waals surface area contributed by atoms with Gasteiger partial charge in [0.2, 0.25) is 0 Å². The van der Waals surface area contributed by atoms with Crippen LogP contribution in [0.1, 0.15) is 239 Å². The van der Waals surface area contributed by atoms with Crippen molar-refractivity contribution in [2.75, 3.05) is 32.8 Å². The Morgan fingerprint density at radius 3 is 1.35 bits per heavy atom. The molecule has 7 heteroatoms. The van der Waals surface area contributed by atoms with Gasteiger partial charge in [0, 0.05) is 19.4 Å². The molecule has 0 radical (unpaired) electrons. The largest absolute Gasteiger partial charge is 0.466 e. The van der Waals surface area contributed by atoms with Crippen LogP contribution < -0.4 is 5.48 Å². The van der Waals surface area contributed by atoms with Crippen LogP contribution in [-0.2, 0) is 19.1 Å². The van der Waals surface area contributed by atoms with E-state index in [0.717, 1.165) is 71.0 Å². The van der Waals surface area contributed by atoms with Crippen molar-refractivity contribution >= 4 is 11.9 Å². The van der Waals surface area contributed by atoms with E-state index >= 15 is 0 Å². The average Bonchev–Trinajstić information content (AvgIpc) is 3.14. The fourth-order valence-corrected chi connectivity index (χ4v) is 7.12. The van der Waals surface area contributed by atoms with Crippen LogP contribution in [0.4, 0.5) is 0 Å². The maximum atomic E-state index is 12.7. The number of unbranched alkanes of at least 4 members (excludes halogenated alkanes) is 24. The van der Waals surface area contributed by atoms with Gasteiger partial charge in [-0.05, 0) is 83.8 Å². The predicted octanol–water partition coefficient (Wildman–Crippen LogP) is 13.0. The van der Waals surface area contributed by atoms with Gasteiger partial charge in [0.15, 0.2) is 0 Å². The predicted molar refractivity (Wildman–Crippen MR) is 221 cm³/mol. The SMILES string of the molecule is CCCCCCCCCOC(=O)CCCCCCCN(CCCCCCCC(=O)OC(CCCCCCCC)CCCCCCCC)CCCNO. The van der Waals surface area contributed by atoms with Gasteiger partial charge in [-0.25, -0.2) is 5.48 Å². The highest BCUT2D eigenvalue weighted by Crippen LogP contribution is 2.18. The van der Waals surface area contributed by atoms with E-state index in [1.807, 2.05) is 0 Å². The lowest BCUT2D eigenvalue weighted by molar-refractivity contribution is -0.150. The molecule has 0 aromatic heterocycles. The first-order valence-electron chi connectivity index (χ1n) is 23.0. The number of hydrogen-bond donors (Lipinski definition) is 2. The zero-order valence-electron chi connectivity index (χ0n) is 35.2. The second-order valence-corrected chi connectivity index (χ2v) is 15.7. The van der Waals surface area contributed by atoms with Gasteiger partial charge in [-0.1, -0.05) is 162 Å². The second kappa shape index (κ2) is 42.6. The van der Waals surface area contributed by atoms with Gasteiger partial charge in [-0.3, -0.25) is 9.59 Å². The van der Waals surface area contributed by atoms with Gasteiger partial charge in [0.05, 0.1) is 6.61 Å². The van der Waals surface area contributed by atoms with E-state index in [1.165, 1.54) is 154 Å². The van der Waals surface area contributed by atoms with E-state index in [-0.39, 0.29) is 18.0 Å². The summed E-state index contributed by atoms with van der Waals surface area (Å²) in [6.45, 7) is 11.2. The maximum absolute atomic E-state index is 12.7. The molecule has 0 aromatic rings. The molecular weight excluding hydrogens is 649 g/mol. The number of ether oxygens (including phenoxy) is 2. The summed E-state index contributed by atoms with van der Waals surface area (Å²) >= 11 is 0. The Bertz CT molecular complexity index is 721. The summed E-state index contributed by atoms with van der Waals surface area (Å²) in [5, 5.41) is 9.02. The van der Waals surface area contributed by atoms with Crippen LogP contribution in [-0.4, -0.2) is 60.9 Å². The fourth-order valence-electron chi connectivity index (χ4n) is 7.12. The summed E-state index contributed by atoms with van der Waals surface area (Å²) in [5.74, 6) is -0.00908. The highest BCUT2D eigenvalue weighted by Gasteiger charge is 2.14. The summed E-state index contributed by atoms with van der Waals surface area (Å²) < 4.78 is 11.5. The van der Waals surface area contributed by atoms with Gasteiger partial charge in [0.25, 0.3) is 0 Å². The van der Waals surface area contributed by atoms with Crippen molar-refractivity contribution in [3.63, 3.8) is 0 Å². The molecule has 7 nitrogen and oxygen atoms in total. The molecule has 52 heavy (non-hydrogen) atoms. The number of rotatable bonds is 43. The quantitative estimate of drug-likeness (QED) is 0.0366. The van der Waals surface area contributed by atoms with E-state index in [4.69, 9.17) is 14.7 Å². The topological polar surface area (TPSA) is 88.1 Å². The zero-order chi connectivity index (χ0) is 38.0. The molecule has 0 heterocycles. The number of hydrogen-bond acceptors (Lipinski definition) is 7. The molecular formula is C45H90N2O5. The van der Waals surface area contributed by atoms with E-state index in [0.29, 0.717) is 26.0 Å². The van der Waals surface area contributed by atoms with Crippen LogP contribution in [0.15, 0.2) is 0 Å². The molecule has 0 saturated heterocycles. The molecule has 0 bridgehead atoms. The van der Waals surface area contributed by atoms with Crippen LogP contribution in [0.25, 0.3) is 0 Å². The number of hydroxylamine groups is 1. The molecule has 0 saturated carbocycles. The Kier molecular flexibility index (Phi) is 41.6. The Morgan fingerprint density at radius 1 is 0.481 bits per heavy atom. The standard InChI is InChI=1S/C45H90N2O5/c1-4-7-10-13-16-25-32-42-51-44(48)36-28-21-17-23-30-39-47(41-33-38-46-50)40-31-24-18-22-29-37-45(49)52-43(34-26-19-14-11-8-5-2)35-27-20-15-12-9-6-3/h43,46,50H,4-42H2,1-3H3. The molecule has 0 aliphatic heterocycles. The van der Waals surface area contributed by atoms with Crippen molar-refractivity contribution in [1.82, 2.24) is 10.4 Å². The third-order valence-corrected chi connectivity index (χ3v) is 10.5. The van der Waals surface area contributed by atoms with Crippen LogP contribution in [0.2, 0.25) is 0 Å². The van der Waals surface area contributed by atoms with E-state index in [9.17, 15) is 9.59 Å². The normalized spacial score (nSPS) is 11.6. The lowest BCUT2D eigenvalue weighted by atomic mass is 10.0. The lowest BCUT2D eigenvalue weighted by Gasteiger charge is -2.22. The summed E-state index contributed by atoms with van der Waals surface area (Å²) in [7, 11) is 0. The molecule has 0 aliphatic rings. The minimum absolute atomic E-state index is 0.0179. The van der Waals surface area contributed by atoms with E-state index < -0.39 is 0 Å². The molecule has 0 aliphatic carbocycles. The van der Waals surface area contributed by atoms with E-state index in [1.54, 1.807) is 0 Å². The Hall–Kier alpha value is -1.18. The minimum atomic E-state index is -0.0270. The number of nitrogens with one attached hydrogen (secondary N) is 1. The van der Waals surface area contributed by atoms with Gasteiger partial charge >= 0.3 is 11.9 Å². The van der Waals surface area contributed by atoms with Crippen LogP contribution >= 0.6 is 0 Å². The Labute approximate surface area is 323 Å². The molecule has 0 spiro atoms. The molecule has 0 fully saturated rings. The summed E-state index contributed by atoms with van der Waals surface area (Å²) in [6.07, 6.45) is 39.4. The molecule has 0 unspecified atom stereocenters. The highest BCUT2D eigenvalue weighted by molar-refractivity contribution is 5.69. The van der Waals surface area contributed by atoms with Gasteiger partial charge in [0.1, 0.15) is 6.10 Å². The Morgan fingerprint density at radius 2 is 0.865 bits per heavy atom. The molecule has 0 atom stereocenters. The van der Waals surface area contributed by atoms with E-state index in [2.05, 4.69) is 31.2 Å². The van der Waals surface area contributed by atoms with Gasteiger partial charge in [-0.15, -0.1) is 0 Å². The smallest absolute Gasteiger partial charge is 0.306 e. The minimum Gasteiger partial charge on any atom is -0.466 e. The van der Waals surface area contributed by atoms with Crippen molar-refractivity contribution in [3.8, 4) is 0 Å². The fraction of sp³-hybridized carbons (Fsp3) is 0.956. The first-order valence-corrected chi connectivity index (χ1v) is 23.0. The molecule has 2 N–H and O–H groups in total. The number of nitrogens with zero attached hydrogens (tertiary/aromatic N) is 1. The monoisotopic (exact) mass is 739 g/mol. The first-order chi connectivity index (χ1) is 25.6. The van der Waals surface area contributed by atoms with Crippen molar-refractivity contribution in [3.05, 3.63) is 0 Å². The third kappa shape index (κ3) is 38.5. The van der Waals surface area contributed by atoms with Crippen LogP contribution in [0.5, 0.6) is 0 Å². The highest BCUT2D eigenvalue weighted by atomic mass is 16.5. The third-order valence-electron chi connectivity index (χ3n) is 10.5. The molecule has 0 amide bonds. The molecule has 310 valence electrons. The molecule has 0 aromatic carbocycles. The maximum Gasteiger partial charge on any atom is 0.306 e. The number of esters is 2. The number of carbonyl (C=O) groups excluding carboxylic acids is 2. The van der Waals surface area contributed by atoms with Crippen molar-refractivity contribution in [2.45, 2.75) is 245 Å². The molecule has 0 rings (SSSR count). The van der Waals surface area contributed by atoms with Crippen molar-refractivity contribution < 1.29 is 24.3 Å². The zero-order valence-corrected chi connectivity index (χ0v) is 35.2. The average molecular weight is 739 g/mol. The Balaban J connectivity index is 4.09. The van der Waals surface area contributed by atoms with Crippen molar-refractivity contribution in [2.24, 2.45) is 0 Å². The van der Waals surface area contributed by atoms with Gasteiger partial charge < -0.3 is 19.6 Å². The summed E-state index contributed by atoms with van der Waals surface area (Å²) in [5.41, 5.74) is 2.30. The first kappa shape index (κ1) is 50.8. The summed E-state index contributed by atoms with van der Waals surface area (Å²) in [6, 6.07) is 0. The second-order valence-electron chi connectivity index (χ2n) is 15.7. The van der Waals surface area contributed by atoms with Crippen molar-refractivity contribution in [1.29, 1.82) is 0 Å². The van der Waals surface area contributed by atoms with Gasteiger partial charge in [-0.2, -0.15) is 0 Å². The lowest BCUT2D eigenvalue weighted by Crippen LogP contribution is -2.29. The summed E-state index contributed by atoms with van der Waals surface area (Å²) in [4.78, 5) is 27.3.